The average molecular weight is 495 g/mol. The molecule has 2 fully saturated rings. The maximum Gasteiger partial charge on any atom is 0.266 e. The standard InChI is InChI=1S/C19H22ClF3N4O2S2/c1-27(2)16-6-11-10(9-19(11,22)23)5-15(16)25-14-8-13(21)17(7-12(14)20)31(28,29)26-18-24-3-4-30-18/h3-4,7-8,10-11,15-16,25H,5-6,9H2,1-2H3,(H,24,26)/t10-,11-,15-,16-/m0/s1. The highest BCUT2D eigenvalue weighted by molar-refractivity contribution is 7.93. The van der Waals surface area contributed by atoms with E-state index < -0.39 is 32.6 Å². The number of rotatable bonds is 6. The van der Waals surface area contributed by atoms with Crippen LogP contribution in [0.3, 0.4) is 0 Å². The minimum Gasteiger partial charge on any atom is -0.379 e. The van der Waals surface area contributed by atoms with Gasteiger partial charge in [-0.25, -0.2) is 26.6 Å². The Kier molecular flexibility index (Phi) is 5.91. The van der Waals surface area contributed by atoms with Gasteiger partial charge in [0.15, 0.2) is 5.13 Å². The zero-order chi connectivity index (χ0) is 22.6. The van der Waals surface area contributed by atoms with Crippen molar-refractivity contribution in [2.24, 2.45) is 11.8 Å². The van der Waals surface area contributed by atoms with Gasteiger partial charge < -0.3 is 10.2 Å². The van der Waals surface area contributed by atoms with Gasteiger partial charge in [-0.1, -0.05) is 11.6 Å². The number of hydrogen-bond donors (Lipinski definition) is 2. The molecular weight excluding hydrogens is 473 g/mol. The van der Waals surface area contributed by atoms with E-state index in [1.165, 1.54) is 6.20 Å². The van der Waals surface area contributed by atoms with Crippen molar-refractivity contribution in [1.82, 2.24) is 9.88 Å². The van der Waals surface area contributed by atoms with Crippen LogP contribution in [0.1, 0.15) is 19.3 Å². The third-order valence-corrected chi connectivity index (χ3v) is 8.62. The Labute approximate surface area is 187 Å². The smallest absolute Gasteiger partial charge is 0.266 e. The van der Waals surface area contributed by atoms with E-state index in [2.05, 4.69) is 15.0 Å². The number of nitrogens with zero attached hydrogens (tertiary/aromatic N) is 2. The summed E-state index contributed by atoms with van der Waals surface area (Å²) in [6.07, 6.45) is 2.11. The fourth-order valence-electron chi connectivity index (χ4n) is 4.56. The lowest BCUT2D eigenvalue weighted by Crippen LogP contribution is -2.59. The van der Waals surface area contributed by atoms with Crippen LogP contribution in [-0.4, -0.2) is 50.4 Å². The SMILES string of the molecule is CN(C)[C@H]1C[C@H]2[C@@H](C[C@@H]1Nc1cc(F)c(S(=O)(=O)Nc3nccs3)cc1Cl)CC2(F)F. The number of sulfonamides is 1. The van der Waals surface area contributed by atoms with Gasteiger partial charge in [-0.2, -0.15) is 0 Å². The van der Waals surface area contributed by atoms with Gasteiger partial charge in [-0.05, 0) is 45.0 Å². The Balaban J connectivity index is 1.56. The van der Waals surface area contributed by atoms with Crippen molar-refractivity contribution in [3.05, 3.63) is 34.5 Å². The highest BCUT2D eigenvalue weighted by Gasteiger charge is 2.59. The molecule has 2 N–H and O–H groups in total. The topological polar surface area (TPSA) is 74.3 Å². The van der Waals surface area contributed by atoms with Crippen molar-refractivity contribution < 1.29 is 21.6 Å². The molecule has 0 radical (unpaired) electrons. The van der Waals surface area contributed by atoms with Crippen LogP contribution in [0.25, 0.3) is 0 Å². The molecule has 0 saturated heterocycles. The quantitative estimate of drug-likeness (QED) is 0.618. The average Bonchev–Trinajstić information content (AvgIpc) is 3.15. The number of benzene rings is 1. The summed E-state index contributed by atoms with van der Waals surface area (Å²) in [7, 11) is -0.575. The van der Waals surface area contributed by atoms with Gasteiger partial charge in [0.05, 0.1) is 10.7 Å². The Hall–Kier alpha value is -1.56. The predicted octanol–water partition coefficient (Wildman–Crippen LogP) is 4.51. The summed E-state index contributed by atoms with van der Waals surface area (Å²) in [4.78, 5) is 5.12. The molecule has 4 rings (SSSR count). The molecule has 0 amide bonds. The number of fused-ring (bicyclic) bond motifs is 1. The van der Waals surface area contributed by atoms with Gasteiger partial charge in [0.2, 0.25) is 0 Å². The molecule has 2 aromatic rings. The second-order valence-electron chi connectivity index (χ2n) is 8.29. The van der Waals surface area contributed by atoms with Crippen molar-refractivity contribution in [3.63, 3.8) is 0 Å². The van der Waals surface area contributed by atoms with E-state index in [4.69, 9.17) is 11.6 Å². The molecule has 2 saturated carbocycles. The maximum absolute atomic E-state index is 14.8. The van der Waals surface area contributed by atoms with E-state index in [1.54, 1.807) is 5.38 Å². The molecule has 2 aliphatic rings. The van der Waals surface area contributed by atoms with Gasteiger partial charge in [0, 0.05) is 36.0 Å². The van der Waals surface area contributed by atoms with E-state index in [-0.39, 0.29) is 40.3 Å². The molecule has 1 aromatic carbocycles. The van der Waals surface area contributed by atoms with E-state index in [9.17, 15) is 21.6 Å². The molecule has 170 valence electrons. The summed E-state index contributed by atoms with van der Waals surface area (Å²) in [5.74, 6) is -4.35. The second-order valence-corrected chi connectivity index (χ2v) is 11.2. The number of thiazole rings is 1. The van der Waals surface area contributed by atoms with Crippen LogP contribution in [0.4, 0.5) is 24.0 Å². The fourth-order valence-corrected chi connectivity index (χ4v) is 6.72. The van der Waals surface area contributed by atoms with Crippen LogP contribution in [0, 0.1) is 17.7 Å². The third-order valence-electron chi connectivity index (χ3n) is 6.13. The predicted molar refractivity (Wildman–Crippen MR) is 115 cm³/mol. The third kappa shape index (κ3) is 4.37. The van der Waals surface area contributed by atoms with Gasteiger partial charge in [-0.3, -0.25) is 4.72 Å². The first-order valence-corrected chi connectivity index (χ1v) is 12.4. The number of alkyl halides is 2. The largest absolute Gasteiger partial charge is 0.379 e. The van der Waals surface area contributed by atoms with E-state index in [0.717, 1.165) is 23.5 Å². The van der Waals surface area contributed by atoms with Crippen LogP contribution in [0.15, 0.2) is 28.6 Å². The number of likely N-dealkylation sites (N-methyl/N-ethyl adjacent to an activating group) is 1. The second kappa shape index (κ2) is 8.09. The highest BCUT2D eigenvalue weighted by atomic mass is 35.5. The number of aromatic nitrogens is 1. The first kappa shape index (κ1) is 22.6. The molecule has 4 atom stereocenters. The van der Waals surface area contributed by atoms with Crippen molar-refractivity contribution in [2.75, 3.05) is 24.1 Å². The Morgan fingerprint density at radius 2 is 2.03 bits per heavy atom. The zero-order valence-corrected chi connectivity index (χ0v) is 19.2. The van der Waals surface area contributed by atoms with Crippen molar-refractivity contribution in [2.45, 2.75) is 42.2 Å². The number of anilines is 2. The van der Waals surface area contributed by atoms with E-state index >= 15 is 0 Å². The van der Waals surface area contributed by atoms with Gasteiger partial charge >= 0.3 is 0 Å². The molecular formula is C19H22ClF3N4O2S2. The van der Waals surface area contributed by atoms with Crippen LogP contribution >= 0.6 is 22.9 Å². The Morgan fingerprint density at radius 1 is 1.29 bits per heavy atom. The van der Waals surface area contributed by atoms with Crippen molar-refractivity contribution in [3.8, 4) is 0 Å². The lowest BCUT2D eigenvalue weighted by atomic mass is 9.60. The lowest BCUT2D eigenvalue weighted by Gasteiger charge is -2.53. The van der Waals surface area contributed by atoms with Gasteiger partial charge in [0.25, 0.3) is 15.9 Å². The van der Waals surface area contributed by atoms with Crippen molar-refractivity contribution in [1.29, 1.82) is 0 Å². The van der Waals surface area contributed by atoms with Crippen molar-refractivity contribution >= 4 is 43.8 Å². The molecule has 1 aromatic heterocycles. The summed E-state index contributed by atoms with van der Waals surface area (Å²) in [6.45, 7) is 0. The van der Waals surface area contributed by atoms with Crippen LogP contribution in [0.2, 0.25) is 5.02 Å². The van der Waals surface area contributed by atoms with Crippen LogP contribution in [0.5, 0.6) is 0 Å². The van der Waals surface area contributed by atoms with Gasteiger partial charge in [0.1, 0.15) is 10.7 Å². The Bertz CT molecular complexity index is 1070. The van der Waals surface area contributed by atoms with Crippen LogP contribution < -0.4 is 10.0 Å². The summed E-state index contributed by atoms with van der Waals surface area (Å²) in [6, 6.07) is 1.66. The summed E-state index contributed by atoms with van der Waals surface area (Å²) >= 11 is 7.35. The molecule has 31 heavy (non-hydrogen) atoms. The first-order chi connectivity index (χ1) is 14.5. The molecule has 0 bridgehead atoms. The van der Waals surface area contributed by atoms with E-state index in [1.807, 2.05) is 19.0 Å². The summed E-state index contributed by atoms with van der Waals surface area (Å²) < 4.78 is 69.8. The normalized spacial score (nSPS) is 27.5. The molecule has 12 heteroatoms. The monoisotopic (exact) mass is 494 g/mol. The lowest BCUT2D eigenvalue weighted by molar-refractivity contribution is -0.195. The molecule has 2 aliphatic carbocycles. The van der Waals surface area contributed by atoms with Crippen LogP contribution in [-0.2, 0) is 10.0 Å². The molecule has 0 unspecified atom stereocenters. The number of hydrogen-bond acceptors (Lipinski definition) is 6. The van der Waals surface area contributed by atoms with Gasteiger partial charge in [-0.15, -0.1) is 11.3 Å². The number of halogens is 4. The maximum atomic E-state index is 14.8. The Morgan fingerprint density at radius 3 is 2.65 bits per heavy atom. The summed E-state index contributed by atoms with van der Waals surface area (Å²) in [5.41, 5.74) is 0.230. The minimum atomic E-state index is -4.21. The summed E-state index contributed by atoms with van der Waals surface area (Å²) in [5, 5.41) is 4.90. The fraction of sp³-hybridized carbons (Fsp3) is 0.526. The molecule has 1 heterocycles. The highest BCUT2D eigenvalue weighted by Crippen LogP contribution is 2.55. The molecule has 6 nitrogen and oxygen atoms in total. The minimum absolute atomic E-state index is 0.0273. The number of nitrogens with one attached hydrogen (secondary N) is 2. The first-order valence-electron chi connectivity index (χ1n) is 9.70. The molecule has 0 spiro atoms. The zero-order valence-electron chi connectivity index (χ0n) is 16.8. The van der Waals surface area contributed by atoms with E-state index in [0.29, 0.717) is 12.8 Å². The molecule has 0 aliphatic heterocycles.